The van der Waals surface area contributed by atoms with Gasteiger partial charge in [-0.05, 0) is 24.6 Å². The van der Waals surface area contributed by atoms with Crippen molar-refractivity contribution < 1.29 is 9.90 Å². The fourth-order valence-corrected chi connectivity index (χ4v) is 1.54. The minimum absolute atomic E-state index is 0.00752. The number of carbonyl (C=O) groups is 1. The van der Waals surface area contributed by atoms with Crippen molar-refractivity contribution >= 4 is 5.91 Å². The molecule has 0 radical (unpaired) electrons. The zero-order valence-electron chi connectivity index (χ0n) is 10.0. The van der Waals surface area contributed by atoms with E-state index in [1.165, 1.54) is 0 Å². The summed E-state index contributed by atoms with van der Waals surface area (Å²) in [6.45, 7) is 9.93. The molecule has 1 rings (SSSR count). The molecule has 90 valence electrons. The number of hydrogen-bond donors (Lipinski definition) is 1. The molecule has 0 aliphatic carbocycles. The van der Waals surface area contributed by atoms with Crippen LogP contribution in [0.5, 0.6) is 5.75 Å². The maximum Gasteiger partial charge on any atom is 0.258 e. The topological polar surface area (TPSA) is 40.5 Å². The zero-order valence-corrected chi connectivity index (χ0v) is 10.0. The summed E-state index contributed by atoms with van der Waals surface area (Å²) in [5.74, 6) is -0.213. The number of hydrogen-bond acceptors (Lipinski definition) is 2. The fraction of sp³-hybridized carbons (Fsp3) is 0.214. The van der Waals surface area contributed by atoms with Crippen LogP contribution in [0.2, 0.25) is 0 Å². The highest BCUT2D eigenvalue weighted by atomic mass is 16.3. The van der Waals surface area contributed by atoms with Crippen LogP contribution in [0, 0.1) is 6.92 Å². The van der Waals surface area contributed by atoms with Crippen molar-refractivity contribution in [3.63, 3.8) is 0 Å². The fourth-order valence-electron chi connectivity index (χ4n) is 1.54. The second-order valence-electron chi connectivity index (χ2n) is 3.81. The maximum absolute atomic E-state index is 12.1. The van der Waals surface area contributed by atoms with E-state index in [1.807, 2.05) is 6.92 Å². The van der Waals surface area contributed by atoms with Crippen LogP contribution in [0.3, 0.4) is 0 Å². The lowest BCUT2D eigenvalue weighted by atomic mass is 10.1. The summed E-state index contributed by atoms with van der Waals surface area (Å²) in [6.07, 6.45) is 3.29. The first-order chi connectivity index (χ1) is 8.10. The Balaban J connectivity index is 2.99. The number of benzene rings is 1. The van der Waals surface area contributed by atoms with Gasteiger partial charge in [-0.1, -0.05) is 18.2 Å². The summed E-state index contributed by atoms with van der Waals surface area (Å²) >= 11 is 0. The van der Waals surface area contributed by atoms with Crippen molar-refractivity contribution in [2.45, 2.75) is 6.92 Å². The largest absolute Gasteiger partial charge is 0.507 e. The van der Waals surface area contributed by atoms with Gasteiger partial charge in [0, 0.05) is 13.1 Å². The van der Waals surface area contributed by atoms with E-state index in [0.29, 0.717) is 18.7 Å². The molecular formula is C14H17NO2. The molecule has 0 atom stereocenters. The number of rotatable bonds is 5. The smallest absolute Gasteiger partial charge is 0.258 e. The van der Waals surface area contributed by atoms with E-state index in [1.54, 1.807) is 35.3 Å². The van der Waals surface area contributed by atoms with Crippen molar-refractivity contribution in [3.8, 4) is 5.75 Å². The van der Waals surface area contributed by atoms with Crippen LogP contribution in [0.4, 0.5) is 0 Å². The van der Waals surface area contributed by atoms with Crippen molar-refractivity contribution in [2.75, 3.05) is 13.1 Å². The van der Waals surface area contributed by atoms with Crippen molar-refractivity contribution in [1.29, 1.82) is 0 Å². The molecule has 0 fully saturated rings. The van der Waals surface area contributed by atoms with Gasteiger partial charge < -0.3 is 10.0 Å². The molecule has 1 aromatic rings. The van der Waals surface area contributed by atoms with Gasteiger partial charge in [0.2, 0.25) is 0 Å². The number of phenolic OH excluding ortho intramolecular Hbond substituents is 1. The molecule has 0 saturated carbocycles. The quantitative estimate of drug-likeness (QED) is 0.791. The molecule has 1 amide bonds. The van der Waals surface area contributed by atoms with Crippen LogP contribution >= 0.6 is 0 Å². The molecule has 3 nitrogen and oxygen atoms in total. The van der Waals surface area contributed by atoms with Crippen LogP contribution in [-0.4, -0.2) is 29.0 Å². The van der Waals surface area contributed by atoms with E-state index in [4.69, 9.17) is 0 Å². The number of carbonyl (C=O) groups excluding carboxylic acids is 1. The molecule has 0 bridgehead atoms. The second kappa shape index (κ2) is 5.89. The molecule has 1 N–H and O–H groups in total. The van der Waals surface area contributed by atoms with Gasteiger partial charge in [-0.3, -0.25) is 4.79 Å². The SMILES string of the molecule is C=CCN(CC=C)C(=O)c1ccc(C)cc1O. The number of phenols is 1. The van der Waals surface area contributed by atoms with Gasteiger partial charge in [0.15, 0.2) is 0 Å². The average Bonchev–Trinajstić information content (AvgIpc) is 2.28. The molecule has 0 spiro atoms. The monoisotopic (exact) mass is 231 g/mol. The molecule has 0 aromatic heterocycles. The Morgan fingerprint density at radius 1 is 1.35 bits per heavy atom. The minimum Gasteiger partial charge on any atom is -0.507 e. The Hall–Kier alpha value is -2.03. The van der Waals surface area contributed by atoms with Crippen LogP contribution in [0.15, 0.2) is 43.5 Å². The lowest BCUT2D eigenvalue weighted by molar-refractivity contribution is 0.0788. The lowest BCUT2D eigenvalue weighted by Gasteiger charge is -2.19. The Bertz CT molecular complexity index is 428. The summed E-state index contributed by atoms with van der Waals surface area (Å²) in [5, 5.41) is 9.75. The molecule has 0 saturated heterocycles. The molecule has 0 aliphatic rings. The molecule has 1 aromatic carbocycles. The van der Waals surface area contributed by atoms with Crippen molar-refractivity contribution in [1.82, 2.24) is 4.90 Å². The van der Waals surface area contributed by atoms with Gasteiger partial charge in [0.25, 0.3) is 5.91 Å². The molecular weight excluding hydrogens is 214 g/mol. The molecule has 0 aliphatic heterocycles. The summed E-state index contributed by atoms with van der Waals surface area (Å²) in [6, 6.07) is 5.01. The summed E-state index contributed by atoms with van der Waals surface area (Å²) < 4.78 is 0. The van der Waals surface area contributed by atoms with E-state index < -0.39 is 0 Å². The van der Waals surface area contributed by atoms with Gasteiger partial charge in [-0.25, -0.2) is 0 Å². The first-order valence-electron chi connectivity index (χ1n) is 5.40. The van der Waals surface area contributed by atoms with Crippen LogP contribution < -0.4 is 0 Å². The maximum atomic E-state index is 12.1. The Morgan fingerprint density at radius 2 is 1.94 bits per heavy atom. The highest BCUT2D eigenvalue weighted by Crippen LogP contribution is 2.20. The normalized spacial score (nSPS) is 9.71. The third-order valence-corrected chi connectivity index (χ3v) is 2.37. The summed E-state index contributed by atoms with van der Waals surface area (Å²) in [7, 11) is 0. The Labute approximate surface area is 102 Å². The van der Waals surface area contributed by atoms with E-state index >= 15 is 0 Å². The van der Waals surface area contributed by atoms with Gasteiger partial charge in [0.1, 0.15) is 5.75 Å². The highest BCUT2D eigenvalue weighted by molar-refractivity contribution is 5.97. The average molecular weight is 231 g/mol. The van der Waals surface area contributed by atoms with Crippen LogP contribution in [-0.2, 0) is 0 Å². The first-order valence-corrected chi connectivity index (χ1v) is 5.40. The van der Waals surface area contributed by atoms with Crippen molar-refractivity contribution in [3.05, 3.63) is 54.6 Å². The lowest BCUT2D eigenvalue weighted by Crippen LogP contribution is -2.31. The summed E-state index contributed by atoms with van der Waals surface area (Å²) in [4.78, 5) is 13.7. The summed E-state index contributed by atoms with van der Waals surface area (Å²) in [5.41, 5.74) is 1.22. The van der Waals surface area contributed by atoms with E-state index in [2.05, 4.69) is 13.2 Å². The standard InChI is InChI=1S/C14H17NO2/c1-4-8-15(9-5-2)14(17)12-7-6-11(3)10-13(12)16/h4-7,10,16H,1-2,8-9H2,3H3. The number of nitrogens with zero attached hydrogens (tertiary/aromatic N) is 1. The predicted octanol–water partition coefficient (Wildman–Crippen LogP) is 2.51. The third-order valence-electron chi connectivity index (χ3n) is 2.37. The van der Waals surface area contributed by atoms with E-state index in [-0.39, 0.29) is 11.7 Å². The molecule has 3 heteroatoms. The molecule has 0 unspecified atom stereocenters. The van der Waals surface area contributed by atoms with E-state index in [0.717, 1.165) is 5.56 Å². The molecule has 0 heterocycles. The van der Waals surface area contributed by atoms with E-state index in [9.17, 15) is 9.90 Å². The minimum atomic E-state index is -0.220. The highest BCUT2D eigenvalue weighted by Gasteiger charge is 2.16. The van der Waals surface area contributed by atoms with Gasteiger partial charge in [-0.2, -0.15) is 0 Å². The van der Waals surface area contributed by atoms with Gasteiger partial charge >= 0.3 is 0 Å². The Kier molecular flexibility index (Phi) is 4.52. The zero-order chi connectivity index (χ0) is 12.8. The van der Waals surface area contributed by atoms with Crippen LogP contribution in [0.25, 0.3) is 0 Å². The van der Waals surface area contributed by atoms with Crippen molar-refractivity contribution in [2.24, 2.45) is 0 Å². The van der Waals surface area contributed by atoms with Gasteiger partial charge in [0.05, 0.1) is 5.56 Å². The number of aromatic hydroxyl groups is 1. The second-order valence-corrected chi connectivity index (χ2v) is 3.81. The number of amides is 1. The molecule has 17 heavy (non-hydrogen) atoms. The first kappa shape index (κ1) is 13.0. The predicted molar refractivity (Wildman–Crippen MR) is 69.1 cm³/mol. The Morgan fingerprint density at radius 3 is 2.41 bits per heavy atom. The number of aryl methyl sites for hydroxylation is 1. The van der Waals surface area contributed by atoms with Crippen LogP contribution in [0.1, 0.15) is 15.9 Å². The third kappa shape index (κ3) is 3.21. The van der Waals surface area contributed by atoms with Gasteiger partial charge in [-0.15, -0.1) is 13.2 Å².